The second-order valence-corrected chi connectivity index (χ2v) is 1.33. The van der Waals surface area contributed by atoms with E-state index in [0.717, 1.165) is 0 Å². The SMILES string of the molecule is COCCOCCO.[BaH2]. The van der Waals surface area contributed by atoms with Crippen molar-refractivity contribution in [3.05, 3.63) is 0 Å². The predicted octanol–water partition coefficient (Wildman–Crippen LogP) is -1.27. The van der Waals surface area contributed by atoms with Crippen LogP contribution in [0.4, 0.5) is 0 Å². The van der Waals surface area contributed by atoms with Crippen LogP contribution in [0.1, 0.15) is 0 Å². The molecule has 0 aliphatic carbocycles. The van der Waals surface area contributed by atoms with Crippen LogP contribution in [-0.4, -0.2) is 87.5 Å². The number of ether oxygens (including phenoxy) is 2. The van der Waals surface area contributed by atoms with Gasteiger partial charge in [-0.15, -0.1) is 0 Å². The Bertz CT molecular complexity index is 37.2. The van der Waals surface area contributed by atoms with E-state index >= 15 is 0 Å². The standard InChI is InChI=1S/C5H12O3.Ba.2H/c1-7-4-5-8-3-2-6;;;/h6H,2-5H2,1H3;;;. The molecule has 0 saturated heterocycles. The first-order valence-electron chi connectivity index (χ1n) is 2.59. The summed E-state index contributed by atoms with van der Waals surface area (Å²) >= 11 is 0. The van der Waals surface area contributed by atoms with Crippen LogP contribution >= 0.6 is 0 Å². The van der Waals surface area contributed by atoms with Crippen molar-refractivity contribution in [2.24, 2.45) is 0 Å². The molecule has 0 fully saturated rings. The van der Waals surface area contributed by atoms with Gasteiger partial charge in [-0.3, -0.25) is 0 Å². The fraction of sp³-hybridized carbons (Fsp3) is 1.00. The fourth-order valence-electron chi connectivity index (χ4n) is 0.309. The van der Waals surface area contributed by atoms with Gasteiger partial charge < -0.3 is 14.6 Å². The molecule has 0 aromatic heterocycles. The number of hydrogen-bond acceptors (Lipinski definition) is 3. The second-order valence-electron chi connectivity index (χ2n) is 1.33. The molecule has 0 heterocycles. The number of rotatable bonds is 5. The maximum absolute atomic E-state index is 8.20. The Morgan fingerprint density at radius 1 is 1.22 bits per heavy atom. The zero-order chi connectivity index (χ0) is 6.24. The monoisotopic (exact) mass is 260 g/mol. The summed E-state index contributed by atoms with van der Waals surface area (Å²) < 4.78 is 9.53. The Kier molecular flexibility index (Phi) is 17.7. The minimum atomic E-state index is 0. The molecule has 0 atom stereocenters. The molecule has 0 spiro atoms. The van der Waals surface area contributed by atoms with E-state index in [1.807, 2.05) is 0 Å². The number of hydrogen-bond donors (Lipinski definition) is 1. The van der Waals surface area contributed by atoms with E-state index < -0.39 is 0 Å². The Morgan fingerprint density at radius 3 is 2.33 bits per heavy atom. The van der Waals surface area contributed by atoms with E-state index in [1.54, 1.807) is 7.11 Å². The zero-order valence-electron chi connectivity index (χ0n) is 5.09. The molecule has 0 rings (SSSR count). The third-order valence-corrected chi connectivity index (χ3v) is 0.667. The normalized spacial score (nSPS) is 8.67. The summed E-state index contributed by atoms with van der Waals surface area (Å²) in [4.78, 5) is 0. The Hall–Kier alpha value is 1.45. The van der Waals surface area contributed by atoms with E-state index in [0.29, 0.717) is 19.8 Å². The van der Waals surface area contributed by atoms with Crippen LogP contribution in [0.2, 0.25) is 0 Å². The van der Waals surface area contributed by atoms with Crippen molar-refractivity contribution in [1.82, 2.24) is 0 Å². The van der Waals surface area contributed by atoms with Gasteiger partial charge in [-0.1, -0.05) is 0 Å². The van der Waals surface area contributed by atoms with Crippen LogP contribution in [0.5, 0.6) is 0 Å². The molecule has 9 heavy (non-hydrogen) atoms. The third kappa shape index (κ3) is 12.6. The predicted molar refractivity (Wildman–Crippen MR) is 38.3 cm³/mol. The van der Waals surface area contributed by atoms with E-state index in [2.05, 4.69) is 4.74 Å². The molecule has 0 aliphatic heterocycles. The first kappa shape index (κ1) is 13.1. The minimum absolute atomic E-state index is 0. The van der Waals surface area contributed by atoms with Crippen molar-refractivity contribution in [1.29, 1.82) is 0 Å². The van der Waals surface area contributed by atoms with Gasteiger partial charge in [-0.2, -0.15) is 0 Å². The van der Waals surface area contributed by atoms with Crippen molar-refractivity contribution in [2.75, 3.05) is 33.5 Å². The van der Waals surface area contributed by atoms with Crippen molar-refractivity contribution in [2.45, 2.75) is 0 Å². The molecule has 54 valence electrons. The van der Waals surface area contributed by atoms with Gasteiger partial charge in [-0.25, -0.2) is 0 Å². The van der Waals surface area contributed by atoms with Gasteiger partial charge >= 0.3 is 48.9 Å². The molecule has 4 heteroatoms. The summed E-state index contributed by atoms with van der Waals surface area (Å²) in [6, 6.07) is 0. The molecule has 0 aromatic carbocycles. The van der Waals surface area contributed by atoms with E-state index in [9.17, 15) is 0 Å². The molecular formula is C5H14BaO3. The van der Waals surface area contributed by atoms with Crippen molar-refractivity contribution >= 4 is 48.9 Å². The summed E-state index contributed by atoms with van der Waals surface area (Å²) in [5.41, 5.74) is 0. The molecular weight excluding hydrogens is 245 g/mol. The first-order chi connectivity index (χ1) is 3.91. The van der Waals surface area contributed by atoms with Gasteiger partial charge in [0.15, 0.2) is 0 Å². The Balaban J connectivity index is 0. The molecule has 0 amide bonds. The average Bonchev–Trinajstić information content (AvgIpc) is 1.81. The quantitative estimate of drug-likeness (QED) is 0.494. The van der Waals surface area contributed by atoms with E-state index in [-0.39, 0.29) is 55.5 Å². The summed E-state index contributed by atoms with van der Waals surface area (Å²) in [7, 11) is 1.61. The van der Waals surface area contributed by atoms with Gasteiger partial charge in [0.05, 0.1) is 26.4 Å². The van der Waals surface area contributed by atoms with Crippen molar-refractivity contribution in [3.8, 4) is 0 Å². The van der Waals surface area contributed by atoms with E-state index in [1.165, 1.54) is 0 Å². The van der Waals surface area contributed by atoms with E-state index in [4.69, 9.17) is 9.84 Å². The average molecular weight is 259 g/mol. The summed E-state index contributed by atoms with van der Waals surface area (Å²) in [6.07, 6.45) is 0. The molecule has 0 radical (unpaired) electrons. The van der Waals surface area contributed by atoms with Gasteiger partial charge in [0.25, 0.3) is 0 Å². The number of methoxy groups -OCH3 is 1. The van der Waals surface area contributed by atoms with Crippen LogP contribution < -0.4 is 0 Å². The number of aliphatic hydroxyl groups excluding tert-OH is 1. The maximum atomic E-state index is 8.20. The Labute approximate surface area is 95.8 Å². The van der Waals surface area contributed by atoms with Crippen LogP contribution in [0.25, 0.3) is 0 Å². The second kappa shape index (κ2) is 12.2. The molecule has 3 nitrogen and oxygen atoms in total. The number of aliphatic hydroxyl groups is 1. The molecule has 1 N–H and O–H groups in total. The third-order valence-electron chi connectivity index (χ3n) is 0.667. The first-order valence-corrected chi connectivity index (χ1v) is 2.59. The van der Waals surface area contributed by atoms with Crippen molar-refractivity contribution in [3.63, 3.8) is 0 Å². The van der Waals surface area contributed by atoms with Gasteiger partial charge in [0.2, 0.25) is 0 Å². The van der Waals surface area contributed by atoms with Gasteiger partial charge in [0, 0.05) is 7.11 Å². The fourth-order valence-corrected chi connectivity index (χ4v) is 0.309. The Morgan fingerprint density at radius 2 is 1.89 bits per heavy atom. The molecule has 0 unspecified atom stereocenters. The van der Waals surface area contributed by atoms with Crippen LogP contribution in [0.3, 0.4) is 0 Å². The van der Waals surface area contributed by atoms with Gasteiger partial charge in [0.1, 0.15) is 0 Å². The summed E-state index contributed by atoms with van der Waals surface area (Å²) in [6.45, 7) is 1.66. The molecule has 0 aromatic rings. The van der Waals surface area contributed by atoms with Crippen LogP contribution in [0, 0.1) is 0 Å². The van der Waals surface area contributed by atoms with Crippen LogP contribution in [0.15, 0.2) is 0 Å². The molecule has 0 bridgehead atoms. The topological polar surface area (TPSA) is 38.7 Å². The summed E-state index contributed by atoms with van der Waals surface area (Å²) in [5.74, 6) is 0. The molecule has 0 aliphatic rings. The summed E-state index contributed by atoms with van der Waals surface area (Å²) in [5, 5.41) is 8.20. The zero-order valence-corrected chi connectivity index (χ0v) is 5.09. The van der Waals surface area contributed by atoms with Crippen molar-refractivity contribution < 1.29 is 14.6 Å². The molecule has 0 saturated carbocycles. The van der Waals surface area contributed by atoms with Crippen LogP contribution in [-0.2, 0) is 9.47 Å². The van der Waals surface area contributed by atoms with Gasteiger partial charge in [-0.05, 0) is 0 Å².